The van der Waals surface area contributed by atoms with Crippen LogP contribution in [0.5, 0.6) is 0 Å². The largest absolute Gasteiger partial charge is 0.300 e. The van der Waals surface area contributed by atoms with Crippen LogP contribution in [-0.4, -0.2) is 17.2 Å². The summed E-state index contributed by atoms with van der Waals surface area (Å²) in [5, 5.41) is 4.09. The van der Waals surface area contributed by atoms with Gasteiger partial charge in [0.1, 0.15) is 0 Å². The van der Waals surface area contributed by atoms with Crippen LogP contribution in [0.3, 0.4) is 0 Å². The third-order valence-corrected chi connectivity index (χ3v) is 2.85. The van der Waals surface area contributed by atoms with Crippen LogP contribution in [0.4, 0.5) is 0 Å². The Hall–Kier alpha value is -0.210. The molecule has 9 heavy (non-hydrogen) atoms. The molecule has 1 nitrogen and oxygen atoms in total. The Morgan fingerprint density at radius 3 is 3.11 bits per heavy atom. The minimum absolute atomic E-state index is 0.611. The second-order valence-corrected chi connectivity index (χ2v) is 3.44. The van der Waals surface area contributed by atoms with Gasteiger partial charge in [-0.25, -0.2) is 0 Å². The van der Waals surface area contributed by atoms with E-state index in [0.29, 0.717) is 11.3 Å². The SMILES string of the molecule is C1=CC2NCSC2C=C1. The van der Waals surface area contributed by atoms with E-state index in [1.165, 1.54) is 0 Å². The summed E-state index contributed by atoms with van der Waals surface area (Å²) in [4.78, 5) is 0. The van der Waals surface area contributed by atoms with E-state index in [0.717, 1.165) is 5.88 Å². The molecule has 0 aromatic heterocycles. The van der Waals surface area contributed by atoms with Gasteiger partial charge in [0.25, 0.3) is 0 Å². The van der Waals surface area contributed by atoms with Crippen LogP contribution in [0.15, 0.2) is 24.3 Å². The zero-order valence-electron chi connectivity index (χ0n) is 5.08. The van der Waals surface area contributed by atoms with Crippen LogP contribution in [-0.2, 0) is 0 Å². The summed E-state index contributed by atoms with van der Waals surface area (Å²) in [6.07, 6.45) is 8.72. The second-order valence-electron chi connectivity index (χ2n) is 2.28. The van der Waals surface area contributed by atoms with E-state index in [-0.39, 0.29) is 0 Å². The van der Waals surface area contributed by atoms with Crippen LogP contribution in [0.2, 0.25) is 0 Å². The Bertz CT molecular complexity index is 144. The molecular weight excluding hydrogens is 130 g/mol. The number of hydrogen-bond donors (Lipinski definition) is 1. The summed E-state index contributed by atoms with van der Waals surface area (Å²) in [6.45, 7) is 0. The summed E-state index contributed by atoms with van der Waals surface area (Å²) in [6, 6.07) is 0.611. The molecule has 2 unspecified atom stereocenters. The highest BCUT2D eigenvalue weighted by molar-refractivity contribution is 8.00. The van der Waals surface area contributed by atoms with E-state index >= 15 is 0 Å². The summed E-state index contributed by atoms with van der Waals surface area (Å²) < 4.78 is 0. The Kier molecular flexibility index (Phi) is 1.36. The molecule has 0 aromatic carbocycles. The van der Waals surface area contributed by atoms with Crippen LogP contribution >= 0.6 is 11.8 Å². The molecule has 2 rings (SSSR count). The van der Waals surface area contributed by atoms with Crippen molar-refractivity contribution >= 4 is 11.8 Å². The molecule has 0 amide bonds. The van der Waals surface area contributed by atoms with Gasteiger partial charge in [0, 0.05) is 17.2 Å². The monoisotopic (exact) mass is 139 g/mol. The first-order valence-electron chi connectivity index (χ1n) is 3.17. The highest BCUT2D eigenvalue weighted by Crippen LogP contribution is 2.24. The normalized spacial score (nSPS) is 39.1. The van der Waals surface area contributed by atoms with E-state index in [1.807, 2.05) is 11.8 Å². The van der Waals surface area contributed by atoms with Gasteiger partial charge in [0.15, 0.2) is 0 Å². The number of fused-ring (bicyclic) bond motifs is 1. The van der Waals surface area contributed by atoms with E-state index in [2.05, 4.69) is 29.6 Å². The molecule has 0 spiro atoms. The van der Waals surface area contributed by atoms with Gasteiger partial charge in [-0.3, -0.25) is 0 Å². The van der Waals surface area contributed by atoms with Crippen LogP contribution in [0.1, 0.15) is 0 Å². The van der Waals surface area contributed by atoms with Gasteiger partial charge in [0.2, 0.25) is 0 Å². The van der Waals surface area contributed by atoms with Gasteiger partial charge in [-0.15, -0.1) is 11.8 Å². The lowest BCUT2D eigenvalue weighted by Gasteiger charge is -2.12. The van der Waals surface area contributed by atoms with Crippen LogP contribution in [0.25, 0.3) is 0 Å². The fourth-order valence-corrected chi connectivity index (χ4v) is 2.25. The molecule has 2 aliphatic rings. The van der Waals surface area contributed by atoms with E-state index in [1.54, 1.807) is 0 Å². The van der Waals surface area contributed by atoms with Crippen molar-refractivity contribution in [2.75, 3.05) is 5.88 Å². The highest BCUT2D eigenvalue weighted by Gasteiger charge is 2.23. The summed E-state index contributed by atoms with van der Waals surface area (Å²) in [5.41, 5.74) is 0. The third kappa shape index (κ3) is 0.926. The van der Waals surface area contributed by atoms with Crippen molar-refractivity contribution in [3.63, 3.8) is 0 Å². The molecule has 0 radical (unpaired) electrons. The molecule has 1 aliphatic heterocycles. The summed E-state index contributed by atoms with van der Waals surface area (Å²) >= 11 is 1.98. The minimum Gasteiger partial charge on any atom is -0.300 e. The summed E-state index contributed by atoms with van der Waals surface area (Å²) in [5.74, 6) is 1.10. The Morgan fingerprint density at radius 2 is 2.22 bits per heavy atom. The number of hydrogen-bond acceptors (Lipinski definition) is 2. The quantitative estimate of drug-likeness (QED) is 0.540. The maximum absolute atomic E-state index is 3.38. The van der Waals surface area contributed by atoms with Crippen LogP contribution in [0, 0.1) is 0 Å². The zero-order chi connectivity index (χ0) is 6.10. The number of thioether (sulfide) groups is 1. The molecule has 1 aliphatic carbocycles. The molecule has 48 valence electrons. The van der Waals surface area contributed by atoms with Gasteiger partial charge in [0.05, 0.1) is 0 Å². The zero-order valence-corrected chi connectivity index (χ0v) is 5.90. The molecule has 1 heterocycles. The van der Waals surface area contributed by atoms with Crippen molar-refractivity contribution in [1.29, 1.82) is 0 Å². The molecule has 0 aromatic rings. The van der Waals surface area contributed by atoms with Crippen molar-refractivity contribution in [2.24, 2.45) is 0 Å². The molecule has 0 saturated carbocycles. The number of allylic oxidation sites excluding steroid dienone is 2. The standard InChI is InChI=1S/C7H9NS/c1-2-4-7-6(3-1)8-5-9-7/h1-4,6-8H,5H2. The Morgan fingerprint density at radius 1 is 1.33 bits per heavy atom. The molecule has 1 saturated heterocycles. The molecular formula is C7H9NS. The van der Waals surface area contributed by atoms with Gasteiger partial charge >= 0.3 is 0 Å². The molecule has 1 N–H and O–H groups in total. The lowest BCUT2D eigenvalue weighted by molar-refractivity contribution is 0.705. The lowest BCUT2D eigenvalue weighted by Crippen LogP contribution is -2.27. The molecule has 2 heteroatoms. The molecule has 0 bridgehead atoms. The maximum atomic E-state index is 3.38. The maximum Gasteiger partial charge on any atom is 0.0432 e. The number of nitrogens with one attached hydrogen (secondary N) is 1. The predicted molar refractivity (Wildman–Crippen MR) is 41.4 cm³/mol. The average molecular weight is 139 g/mol. The van der Waals surface area contributed by atoms with E-state index < -0.39 is 0 Å². The Labute approximate surface area is 59.2 Å². The number of rotatable bonds is 0. The van der Waals surface area contributed by atoms with Crippen molar-refractivity contribution in [3.8, 4) is 0 Å². The first kappa shape index (κ1) is 5.57. The average Bonchev–Trinajstić information content (AvgIpc) is 2.33. The summed E-state index contributed by atoms with van der Waals surface area (Å²) in [7, 11) is 0. The van der Waals surface area contributed by atoms with Crippen molar-refractivity contribution in [1.82, 2.24) is 5.32 Å². The lowest BCUT2D eigenvalue weighted by atomic mass is 10.1. The van der Waals surface area contributed by atoms with Crippen molar-refractivity contribution in [3.05, 3.63) is 24.3 Å². The smallest absolute Gasteiger partial charge is 0.0432 e. The molecule has 1 fully saturated rings. The van der Waals surface area contributed by atoms with E-state index in [4.69, 9.17) is 0 Å². The minimum atomic E-state index is 0.611. The predicted octanol–water partition coefficient (Wildman–Crippen LogP) is 1.14. The van der Waals surface area contributed by atoms with E-state index in [9.17, 15) is 0 Å². The highest BCUT2D eigenvalue weighted by atomic mass is 32.2. The van der Waals surface area contributed by atoms with Gasteiger partial charge in [-0.2, -0.15) is 0 Å². The second kappa shape index (κ2) is 2.20. The first-order valence-corrected chi connectivity index (χ1v) is 4.22. The topological polar surface area (TPSA) is 12.0 Å². The fourth-order valence-electron chi connectivity index (χ4n) is 1.17. The van der Waals surface area contributed by atoms with Gasteiger partial charge < -0.3 is 5.32 Å². The molecule has 2 atom stereocenters. The van der Waals surface area contributed by atoms with Crippen molar-refractivity contribution < 1.29 is 0 Å². The first-order chi connectivity index (χ1) is 4.47. The van der Waals surface area contributed by atoms with Gasteiger partial charge in [-0.05, 0) is 0 Å². The van der Waals surface area contributed by atoms with Gasteiger partial charge in [-0.1, -0.05) is 24.3 Å². The fraction of sp³-hybridized carbons (Fsp3) is 0.429. The van der Waals surface area contributed by atoms with Crippen LogP contribution < -0.4 is 5.32 Å². The van der Waals surface area contributed by atoms with Crippen molar-refractivity contribution in [2.45, 2.75) is 11.3 Å². The third-order valence-electron chi connectivity index (χ3n) is 1.68. The Balaban J connectivity index is 2.18.